The van der Waals surface area contributed by atoms with Crippen LogP contribution >= 0.6 is 11.3 Å². The molecular formula is C58H39NS. The molecule has 0 spiro atoms. The van der Waals surface area contributed by atoms with Crippen molar-refractivity contribution in [1.29, 1.82) is 0 Å². The average molecular weight is 782 g/mol. The maximum Gasteiger partial charge on any atom is 0.0734 e. The van der Waals surface area contributed by atoms with Gasteiger partial charge in [-0.1, -0.05) is 206 Å². The summed E-state index contributed by atoms with van der Waals surface area (Å²) in [5.41, 5.74) is 17.5. The van der Waals surface area contributed by atoms with Crippen LogP contribution < -0.4 is 4.90 Å². The molecule has 0 aliphatic heterocycles. The minimum atomic E-state index is -0.608. The molecule has 2 heteroatoms. The number of rotatable bonds is 7. The lowest BCUT2D eigenvalue weighted by Crippen LogP contribution is -2.32. The molecule has 1 heterocycles. The molecule has 0 N–H and O–H groups in total. The summed E-state index contributed by atoms with van der Waals surface area (Å²) in [4.78, 5) is 2.63. The van der Waals surface area contributed by atoms with Gasteiger partial charge in [-0.05, 0) is 90.7 Å². The first-order chi connectivity index (χ1) is 29.8. The van der Waals surface area contributed by atoms with Gasteiger partial charge >= 0.3 is 0 Å². The zero-order chi connectivity index (χ0) is 39.7. The van der Waals surface area contributed by atoms with Crippen molar-refractivity contribution in [1.82, 2.24) is 0 Å². The molecular weight excluding hydrogens is 743 g/mol. The number of hydrogen-bond acceptors (Lipinski definition) is 2. The number of fused-ring (bicyclic) bond motifs is 7. The summed E-state index contributed by atoms with van der Waals surface area (Å²) < 4.78 is 1.26. The number of thiophene rings is 1. The smallest absolute Gasteiger partial charge is 0.0734 e. The Balaban J connectivity index is 1.27. The van der Waals surface area contributed by atoms with Crippen molar-refractivity contribution >= 4 is 38.5 Å². The van der Waals surface area contributed by atoms with Crippen LogP contribution in [0.25, 0.3) is 32.3 Å². The van der Waals surface area contributed by atoms with E-state index in [0.29, 0.717) is 0 Å². The minimum absolute atomic E-state index is 0.608. The van der Waals surface area contributed by atoms with E-state index >= 15 is 0 Å². The van der Waals surface area contributed by atoms with Crippen LogP contribution in [0.1, 0.15) is 44.5 Å². The predicted molar refractivity (Wildman–Crippen MR) is 251 cm³/mol. The molecule has 0 saturated heterocycles. The lowest BCUT2D eigenvalue weighted by Gasteiger charge is -2.40. The Hall–Kier alpha value is -7.26. The fourth-order valence-electron chi connectivity index (χ4n) is 10.9. The van der Waals surface area contributed by atoms with E-state index in [1.54, 1.807) is 0 Å². The van der Waals surface area contributed by atoms with Gasteiger partial charge in [0.25, 0.3) is 0 Å². The molecule has 0 bridgehead atoms. The maximum absolute atomic E-state index is 2.63. The Morgan fingerprint density at radius 3 is 1.12 bits per heavy atom. The Morgan fingerprint density at radius 1 is 0.300 bits per heavy atom. The van der Waals surface area contributed by atoms with Crippen LogP contribution in [-0.4, -0.2) is 0 Å². The predicted octanol–water partition coefficient (Wildman–Crippen LogP) is 15.1. The highest BCUT2D eigenvalue weighted by molar-refractivity contribution is 7.17. The van der Waals surface area contributed by atoms with E-state index in [-0.39, 0.29) is 0 Å². The van der Waals surface area contributed by atoms with E-state index in [4.69, 9.17) is 0 Å². The van der Waals surface area contributed by atoms with Gasteiger partial charge in [-0.3, -0.25) is 0 Å². The van der Waals surface area contributed by atoms with Gasteiger partial charge < -0.3 is 4.90 Å². The first kappa shape index (κ1) is 34.8. The molecule has 0 saturated carbocycles. The van der Waals surface area contributed by atoms with Crippen LogP contribution in [0.5, 0.6) is 0 Å². The molecule has 2 aliphatic rings. The van der Waals surface area contributed by atoms with Gasteiger partial charge in [0.15, 0.2) is 0 Å². The third-order valence-electron chi connectivity index (χ3n) is 13.1. The number of benzene rings is 9. The summed E-state index contributed by atoms with van der Waals surface area (Å²) in [6.45, 7) is 0. The highest BCUT2D eigenvalue weighted by Gasteiger charge is 2.51. The van der Waals surface area contributed by atoms with E-state index in [1.807, 2.05) is 11.3 Å². The van der Waals surface area contributed by atoms with Crippen molar-refractivity contribution in [3.8, 4) is 22.3 Å². The summed E-state index contributed by atoms with van der Waals surface area (Å²) in [7, 11) is 0. The van der Waals surface area contributed by atoms with E-state index < -0.39 is 10.8 Å². The largest absolute Gasteiger partial charge is 0.308 e. The zero-order valence-electron chi connectivity index (χ0n) is 32.9. The third kappa shape index (κ3) is 4.74. The second-order valence-electron chi connectivity index (χ2n) is 15.9. The minimum Gasteiger partial charge on any atom is -0.308 e. The number of hydrogen-bond donors (Lipinski definition) is 0. The first-order valence-electron chi connectivity index (χ1n) is 20.8. The molecule has 0 atom stereocenters. The Labute approximate surface area is 355 Å². The third-order valence-corrected chi connectivity index (χ3v) is 14.0. The topological polar surface area (TPSA) is 3.24 Å². The highest BCUT2D eigenvalue weighted by atomic mass is 32.1. The van der Waals surface area contributed by atoms with Gasteiger partial charge in [0, 0.05) is 11.1 Å². The monoisotopic (exact) mass is 781 g/mol. The summed E-state index contributed by atoms with van der Waals surface area (Å²) in [5, 5.41) is 3.48. The normalized spacial score (nSPS) is 13.9. The van der Waals surface area contributed by atoms with Crippen molar-refractivity contribution < 1.29 is 0 Å². The average Bonchev–Trinajstić information content (AvgIpc) is 4.02. The van der Waals surface area contributed by atoms with Crippen molar-refractivity contribution in [2.24, 2.45) is 0 Å². The lowest BCUT2D eigenvalue weighted by atomic mass is 9.66. The number of anilines is 3. The summed E-state index contributed by atoms with van der Waals surface area (Å²) in [6.07, 6.45) is 0. The second kappa shape index (κ2) is 13.7. The molecule has 0 fully saturated rings. The molecule has 9 aromatic carbocycles. The van der Waals surface area contributed by atoms with E-state index in [0.717, 1.165) is 11.4 Å². The van der Waals surface area contributed by atoms with Crippen molar-refractivity contribution in [2.75, 3.05) is 4.90 Å². The second-order valence-corrected chi connectivity index (χ2v) is 16.8. The van der Waals surface area contributed by atoms with Gasteiger partial charge in [0.2, 0.25) is 0 Å². The Kier molecular flexibility index (Phi) is 7.91. The molecule has 0 radical (unpaired) electrons. The molecule has 1 nitrogen and oxygen atoms in total. The van der Waals surface area contributed by atoms with Crippen molar-refractivity contribution in [3.63, 3.8) is 0 Å². The van der Waals surface area contributed by atoms with Crippen LogP contribution in [0.4, 0.5) is 17.1 Å². The fourth-order valence-corrected chi connectivity index (χ4v) is 11.8. The van der Waals surface area contributed by atoms with Crippen molar-refractivity contribution in [2.45, 2.75) is 10.8 Å². The van der Waals surface area contributed by atoms with Gasteiger partial charge in [0.05, 0.1) is 32.6 Å². The molecule has 0 amide bonds. The van der Waals surface area contributed by atoms with E-state index in [9.17, 15) is 0 Å². The molecule has 2 aliphatic carbocycles. The molecule has 0 unspecified atom stereocenters. The molecule has 1 aromatic heterocycles. The van der Waals surface area contributed by atoms with E-state index in [1.165, 1.54) is 82.5 Å². The molecule has 12 rings (SSSR count). The van der Waals surface area contributed by atoms with Crippen LogP contribution in [0.15, 0.2) is 236 Å². The van der Waals surface area contributed by atoms with E-state index in [2.05, 4.69) is 241 Å². The highest BCUT2D eigenvalue weighted by Crippen LogP contribution is 2.64. The van der Waals surface area contributed by atoms with Gasteiger partial charge in [0.1, 0.15) is 0 Å². The molecule has 10 aromatic rings. The SMILES string of the molecule is c1ccc(C2(c3ccccc3)c3ccccc3-c3cccc(N(c4cccc5c4C(c4ccccc4)(c4ccccc4)c4ccccc4-5)c4cccc5ccsc45)c32)cc1. The van der Waals surface area contributed by atoms with Crippen molar-refractivity contribution in [3.05, 3.63) is 280 Å². The maximum atomic E-state index is 2.63. The van der Waals surface area contributed by atoms with Crippen LogP contribution in [0, 0.1) is 0 Å². The molecule has 282 valence electrons. The molecule has 60 heavy (non-hydrogen) atoms. The fraction of sp³-hybridized carbons (Fsp3) is 0.0345. The standard InChI is InChI=1S/C58H39NS/c1-5-21-41(22-6-1)57(42-23-7-2-8-24-42)49-33-15-13-29-45(49)47-31-18-35-51(54(47)57)59(53-37-17-20-40-38-39-60-56(40)53)52-36-19-32-48-46-30-14-16-34-50(46)58(55(48)52,43-25-9-3-10-26-43)44-27-11-4-12-28-44/h1-39H. The number of nitrogens with zero attached hydrogens (tertiary/aromatic N) is 1. The summed E-state index contributed by atoms with van der Waals surface area (Å²) in [6, 6.07) is 86.0. The van der Waals surface area contributed by atoms with Gasteiger partial charge in [-0.2, -0.15) is 0 Å². The lowest BCUT2D eigenvalue weighted by molar-refractivity contribution is 0.761. The Morgan fingerprint density at radius 2 is 0.667 bits per heavy atom. The van der Waals surface area contributed by atoms with Crippen LogP contribution in [0.2, 0.25) is 0 Å². The van der Waals surface area contributed by atoms with Crippen LogP contribution in [-0.2, 0) is 10.8 Å². The zero-order valence-corrected chi connectivity index (χ0v) is 33.7. The Bertz CT molecular complexity index is 2940. The van der Waals surface area contributed by atoms with Crippen LogP contribution in [0.3, 0.4) is 0 Å². The van der Waals surface area contributed by atoms with Gasteiger partial charge in [-0.15, -0.1) is 11.3 Å². The quantitative estimate of drug-likeness (QED) is 0.156. The summed E-state index contributed by atoms with van der Waals surface area (Å²) in [5.74, 6) is 0. The first-order valence-corrected chi connectivity index (χ1v) is 21.6. The summed E-state index contributed by atoms with van der Waals surface area (Å²) >= 11 is 1.82. The van der Waals surface area contributed by atoms with Gasteiger partial charge in [-0.25, -0.2) is 0 Å².